The topological polar surface area (TPSA) is 383 Å². The van der Waals surface area contributed by atoms with Gasteiger partial charge in [0.25, 0.3) is 0 Å². The van der Waals surface area contributed by atoms with Crippen LogP contribution in [0.4, 0.5) is 71.6 Å². The van der Waals surface area contributed by atoms with Gasteiger partial charge in [0, 0.05) is 53.4 Å². The van der Waals surface area contributed by atoms with Crippen LogP contribution >= 0.6 is 0 Å². The highest BCUT2D eigenvalue weighted by Gasteiger charge is 2.51. The summed E-state index contributed by atoms with van der Waals surface area (Å²) in [6.07, 6.45) is 13.2. The van der Waals surface area contributed by atoms with Crippen molar-refractivity contribution in [1.82, 2.24) is 57.3 Å². The maximum atomic E-state index is 13.3. The van der Waals surface area contributed by atoms with E-state index in [9.17, 15) is 57.3 Å². The molecule has 9 N–H and O–H groups in total. The third kappa shape index (κ3) is 25.6. The molecule has 0 spiro atoms. The van der Waals surface area contributed by atoms with E-state index in [4.69, 9.17) is 31.6 Å². The van der Waals surface area contributed by atoms with Crippen LogP contribution in [0.3, 0.4) is 0 Å². The lowest BCUT2D eigenvalue weighted by atomic mass is 9.92. The number of halogens is 3. The molecular weight excluding hydrogens is 1880 g/mol. The molecule has 5 saturated carbocycles. The quantitative estimate of drug-likeness (QED) is 0.0269. The van der Waals surface area contributed by atoms with E-state index >= 15 is 0 Å². The van der Waals surface area contributed by atoms with Crippen molar-refractivity contribution < 1.29 is 57.3 Å². The third-order valence-corrected chi connectivity index (χ3v) is 26.9. The van der Waals surface area contributed by atoms with E-state index in [0.717, 1.165) is 104 Å². The van der Waals surface area contributed by atoms with Gasteiger partial charge >= 0.3 is 0 Å². The molecular formula is C113H120F3N23O9. The minimum atomic E-state index is -1.06. The van der Waals surface area contributed by atoms with Gasteiger partial charge in [-0.15, -0.1) is 0 Å². The molecule has 2 unspecified atom stereocenters. The molecule has 5 aliphatic rings. The number of benzene rings is 9. The Morgan fingerprint density at radius 1 is 0.412 bits per heavy atom. The van der Waals surface area contributed by atoms with Crippen LogP contribution in [0.25, 0.3) is 103 Å². The molecule has 3 atom stereocenters. The Hall–Kier alpha value is -16.3. The van der Waals surface area contributed by atoms with Crippen molar-refractivity contribution in [3.05, 3.63) is 256 Å². The van der Waals surface area contributed by atoms with E-state index in [0.29, 0.717) is 139 Å². The fraction of sp³-hybridized carbons (Fsp3) is 0.372. The number of imidazole rings is 6. The highest BCUT2D eigenvalue weighted by Crippen LogP contribution is 2.52. The summed E-state index contributed by atoms with van der Waals surface area (Å²) >= 11 is 0. The Labute approximate surface area is 855 Å². The normalized spacial score (nSPS) is 15.3. The summed E-state index contributed by atoms with van der Waals surface area (Å²) in [7, 11) is 0. The molecule has 20 rings (SSSR count). The van der Waals surface area contributed by atoms with E-state index in [1.807, 2.05) is 87.1 Å². The van der Waals surface area contributed by atoms with Crippen LogP contribution in [0.1, 0.15) is 222 Å². The first-order valence-corrected chi connectivity index (χ1v) is 49.5. The number of aliphatic hydroxyl groups is 3. The number of hydrogen-bond acceptors (Lipinski definition) is 16. The minimum Gasteiger partial charge on any atom is -0.390 e. The molecule has 6 aromatic heterocycles. The van der Waals surface area contributed by atoms with Crippen molar-refractivity contribution in [1.29, 1.82) is 5.26 Å². The maximum absolute atomic E-state index is 13.3. The number of rotatable bonds is 23. The molecule has 0 saturated heterocycles. The van der Waals surface area contributed by atoms with Gasteiger partial charge in [-0.25, -0.2) is 62.5 Å². The number of carbonyl (C=O) groups excluding carboxylic acids is 6. The molecule has 148 heavy (non-hydrogen) atoms. The zero-order valence-electron chi connectivity index (χ0n) is 85.2. The van der Waals surface area contributed by atoms with Gasteiger partial charge in [0.15, 0.2) is 22.7 Å². The summed E-state index contributed by atoms with van der Waals surface area (Å²) in [4.78, 5) is 115. The zero-order valence-corrected chi connectivity index (χ0v) is 85.2. The number of carbonyl (C=O) groups is 6. The molecule has 0 bridgehead atoms. The Kier molecular flexibility index (Phi) is 31.5. The summed E-state index contributed by atoms with van der Waals surface area (Å²) in [5, 5.41) is 56.4. The van der Waals surface area contributed by atoms with Crippen LogP contribution in [-0.2, 0) is 28.8 Å². The van der Waals surface area contributed by atoms with Gasteiger partial charge in [-0.05, 0) is 298 Å². The Morgan fingerprint density at radius 2 is 0.716 bits per heavy atom. The van der Waals surface area contributed by atoms with Crippen molar-refractivity contribution in [2.75, 3.05) is 31.9 Å². The summed E-state index contributed by atoms with van der Waals surface area (Å²) in [5.74, 6) is 0.801. The molecule has 5 fully saturated rings. The SMILES string of the molecule is CC(O)(CC(=O)Nc1nc2ccc(C#N)cc2n1C1CCC1)C1CC1.Cc1ccc2nc(NC(=O)CC(C)(C)O)n(C3CCC3)c2c1.[C-]#[N+]c1ccc2nc(NC(=O)C3CC3(C)C)n(-c3ccc(F)cc3)c2c1.[C-]#[N+]c1ccc2nc(NC(=O)CC(C)(C)C)n(-c3ccc(F)cc3)c2c1.[C-]#[N+]c1ccc2nc(NC(=O)CC(C)(C)O)n(C3CCC3)c2c1.[C-]#[N+]c1ccc2nc(NC(=O)[C@@H](C)C(C)C)n(-c3ccc(F)cc3)c2c1. The molecule has 0 radical (unpaired) electrons. The Balaban J connectivity index is 0.000000133. The number of nitrogens with one attached hydrogen (secondary N) is 6. The number of amides is 6. The largest absolute Gasteiger partial charge is 0.390 e. The third-order valence-electron chi connectivity index (χ3n) is 26.9. The van der Waals surface area contributed by atoms with Gasteiger partial charge in [-0.1, -0.05) is 85.7 Å². The van der Waals surface area contributed by atoms with Crippen molar-refractivity contribution >= 4 is 160 Å². The van der Waals surface area contributed by atoms with Gasteiger partial charge in [-0.3, -0.25) is 74.4 Å². The molecule has 35 heteroatoms. The molecule has 5 aliphatic carbocycles. The van der Waals surface area contributed by atoms with Gasteiger partial charge in [0.05, 0.1) is 140 Å². The highest BCUT2D eigenvalue weighted by atomic mass is 19.1. The molecule has 9 aromatic carbocycles. The predicted molar refractivity (Wildman–Crippen MR) is 567 cm³/mol. The lowest BCUT2D eigenvalue weighted by molar-refractivity contribution is -0.122. The number of nitriles is 1. The first-order valence-electron chi connectivity index (χ1n) is 49.5. The lowest BCUT2D eigenvalue weighted by Gasteiger charge is -2.29. The zero-order chi connectivity index (χ0) is 106. The Morgan fingerprint density at radius 3 is 1.04 bits per heavy atom. The summed E-state index contributed by atoms with van der Waals surface area (Å²) in [6, 6.07) is 53.3. The van der Waals surface area contributed by atoms with Crippen LogP contribution in [0.5, 0.6) is 0 Å². The van der Waals surface area contributed by atoms with Crippen LogP contribution in [0, 0.1) is 96.5 Å². The van der Waals surface area contributed by atoms with E-state index in [1.54, 1.807) is 151 Å². The number of hydrogen-bond donors (Lipinski definition) is 9. The fourth-order valence-corrected chi connectivity index (χ4v) is 17.8. The average Bonchev–Trinajstić information content (AvgIpc) is 1.60. The molecule has 32 nitrogen and oxygen atoms in total. The van der Waals surface area contributed by atoms with E-state index in [2.05, 4.69) is 119 Å². The van der Waals surface area contributed by atoms with Crippen LogP contribution in [0.15, 0.2) is 182 Å². The molecule has 0 aliphatic heterocycles. The first kappa shape index (κ1) is 106. The van der Waals surface area contributed by atoms with E-state index in [-0.39, 0.29) is 107 Å². The van der Waals surface area contributed by atoms with E-state index < -0.39 is 16.8 Å². The second kappa shape index (κ2) is 44.0. The predicted octanol–water partition coefficient (Wildman–Crippen LogP) is 24.4. The van der Waals surface area contributed by atoms with Gasteiger partial charge in [0.2, 0.25) is 71.1 Å². The second-order valence-corrected chi connectivity index (χ2v) is 42.3. The minimum absolute atomic E-state index is 0.00801. The smallest absolute Gasteiger partial charge is 0.230 e. The Bertz CT molecular complexity index is 7630. The van der Waals surface area contributed by atoms with E-state index in [1.165, 1.54) is 48.4 Å². The number of fused-ring (bicyclic) bond motifs is 6. The van der Waals surface area contributed by atoms with Crippen molar-refractivity contribution in [2.45, 2.75) is 235 Å². The lowest BCUT2D eigenvalue weighted by Crippen LogP contribution is -2.33. The van der Waals surface area contributed by atoms with Gasteiger partial charge in [-0.2, -0.15) is 5.26 Å². The monoisotopic (exact) mass is 2000 g/mol. The first-order chi connectivity index (χ1) is 70.2. The van der Waals surface area contributed by atoms with Crippen LogP contribution in [0.2, 0.25) is 0 Å². The van der Waals surface area contributed by atoms with Crippen molar-refractivity contribution in [3.63, 3.8) is 0 Å². The highest BCUT2D eigenvalue weighted by molar-refractivity contribution is 6.00. The maximum Gasteiger partial charge on any atom is 0.230 e. The number of nitrogens with zero attached hydrogens (tertiary/aromatic N) is 17. The summed E-state index contributed by atoms with van der Waals surface area (Å²) < 4.78 is 51.4. The molecule has 6 amide bonds. The van der Waals surface area contributed by atoms with Crippen LogP contribution in [-0.4, -0.2) is 125 Å². The van der Waals surface area contributed by atoms with Gasteiger partial charge < -0.3 is 29.0 Å². The van der Waals surface area contributed by atoms with Crippen molar-refractivity contribution in [3.8, 4) is 23.1 Å². The number of aryl methyl sites for hydroxylation is 1. The molecule has 762 valence electrons. The van der Waals surface area contributed by atoms with Gasteiger partial charge in [0.1, 0.15) is 17.5 Å². The number of aromatic nitrogens is 12. The standard InChI is InChI=1S/C20H17FN4O.2C20H19FN4O.C19H22N4O2.C17H20N4O2.C17H23N3O2/c1-20(2)11-15(20)18(26)24-19-23-16-9-6-13(22-3)10-17(16)25(19)14-7-4-12(21)5-8-14;1-20(2,3)12-18(26)24-19-23-16-10-7-14(22-4)11-17(16)25(19)15-8-5-13(21)6-9-15;1-12(2)13(3)19(26)24-20-23-17-10-7-15(22-4)11-18(17)25(20)16-8-5-14(21)6-9-16;1-19(25,13-6-7-13)10-17(24)22-18-21-15-8-5-12(11-20)9-16(15)23(18)14-3-2-4-14;1-17(2,23)10-15(22)20-16-19-13-8-7-11(18-3)9-14(13)21(16)12-5-4-6-12;1-11-7-8-13-14(9-11)20(12-5-4-6-12)16(18-13)19-15(21)10-17(2,3)22/h4-10,15H,11H2,1-2H3,(H,23,24,26);5-11H,12H2,1-3H3,(H,23,24,26);5-13H,1-3H3,(H,23,24,26);5,8-9,13-14,25H,2-4,6-7,10H2,1H3,(H,21,22,24);7-9,12,23H,4-6,10H2,1-2H3,(H,19,20,22);7-9,12,22H,4-6,10H2,1-3H3,(H,18,19,21)/t;;13-;;;/m..0.../s1. The van der Waals surface area contributed by atoms with Crippen LogP contribution < -0.4 is 31.9 Å². The fourth-order valence-electron chi connectivity index (χ4n) is 17.8. The number of anilines is 6. The second-order valence-electron chi connectivity index (χ2n) is 42.3. The summed E-state index contributed by atoms with van der Waals surface area (Å²) in [6.45, 7) is 55.0. The average molecular weight is 2000 g/mol. The van der Waals surface area contributed by atoms with Crippen molar-refractivity contribution in [2.24, 2.45) is 34.5 Å². The molecule has 15 aromatic rings. The molecule has 6 heterocycles. The summed E-state index contributed by atoms with van der Waals surface area (Å²) in [5.41, 5.74) is 11.8.